The van der Waals surface area contributed by atoms with E-state index in [0.717, 1.165) is 30.0 Å². The molecule has 3 aliphatic rings. The lowest BCUT2D eigenvalue weighted by Crippen LogP contribution is -2.54. The highest BCUT2D eigenvalue weighted by molar-refractivity contribution is 5.95. The number of nitrogens with two attached hydrogens (primary N) is 2. The van der Waals surface area contributed by atoms with Crippen molar-refractivity contribution in [2.45, 2.75) is 87.4 Å². The number of amides is 4. The zero-order chi connectivity index (χ0) is 32.3. The summed E-state index contributed by atoms with van der Waals surface area (Å²) in [6.45, 7) is 1.83. The molecular formula is C25H34N6O13. The van der Waals surface area contributed by atoms with Gasteiger partial charge in [0.05, 0.1) is 0 Å². The zero-order valence-corrected chi connectivity index (χ0v) is 23.6. The maximum Gasteiger partial charge on any atom is 0.405 e. The topological polar surface area (TPSA) is 286 Å². The minimum atomic E-state index is -1.90. The van der Waals surface area contributed by atoms with E-state index < -0.39 is 96.0 Å². The van der Waals surface area contributed by atoms with E-state index in [4.69, 9.17) is 35.2 Å². The minimum absolute atomic E-state index is 0.0841. The third-order valence-corrected chi connectivity index (χ3v) is 7.29. The number of aromatic nitrogens is 2. The van der Waals surface area contributed by atoms with Gasteiger partial charge in [0, 0.05) is 25.4 Å². The molecule has 0 aliphatic carbocycles. The van der Waals surface area contributed by atoms with Crippen LogP contribution in [-0.2, 0) is 38.1 Å². The van der Waals surface area contributed by atoms with Crippen LogP contribution in [0.3, 0.4) is 0 Å². The number of methoxy groups -OCH3 is 1. The van der Waals surface area contributed by atoms with Crippen molar-refractivity contribution in [1.82, 2.24) is 20.2 Å². The molecule has 19 heteroatoms. The van der Waals surface area contributed by atoms with Crippen molar-refractivity contribution < 1.29 is 53.1 Å². The maximum absolute atomic E-state index is 13.0. The number of nitrogens with zero attached hydrogens (tertiary/aromatic N) is 1. The number of nitrogens with one attached hydrogen (secondary N) is 3. The Morgan fingerprint density at radius 1 is 1.16 bits per heavy atom. The van der Waals surface area contributed by atoms with Crippen LogP contribution < -0.4 is 33.3 Å². The van der Waals surface area contributed by atoms with Crippen LogP contribution in [0.5, 0.6) is 0 Å². The van der Waals surface area contributed by atoms with Crippen LogP contribution >= 0.6 is 0 Å². The molecule has 0 bridgehead atoms. The molecule has 9 N–H and O–H groups in total. The van der Waals surface area contributed by atoms with Crippen LogP contribution in [0.25, 0.3) is 0 Å². The first-order valence-electron chi connectivity index (χ1n) is 13.6. The molecule has 19 nitrogen and oxygen atoms in total. The Balaban J connectivity index is 1.57. The van der Waals surface area contributed by atoms with E-state index in [1.807, 2.05) is 11.9 Å². The number of ether oxygens (including phenoxy) is 5. The molecule has 4 amide bonds. The van der Waals surface area contributed by atoms with Crippen LogP contribution in [0, 0.1) is 0 Å². The fraction of sp³-hybridized carbons (Fsp3) is 0.600. The SMILES string of the molecule is CO[C@H]1[C@@H](OC(N)=O)[C@H](n2ccc(=O)[nH]c2=O)O[C@@H]1[C@@H](O[C@@H]1OC(C(=O)N[C@@H]2CCC[C@H](C)NC2=O)=C[C@H](O)[C@@H]1O)C(N)=O. The molecule has 0 unspecified atom stereocenters. The highest BCUT2D eigenvalue weighted by Gasteiger charge is 2.54. The number of hydrogen-bond acceptors (Lipinski definition) is 13. The van der Waals surface area contributed by atoms with Gasteiger partial charge >= 0.3 is 11.8 Å². The lowest BCUT2D eigenvalue weighted by Gasteiger charge is -2.35. The third-order valence-electron chi connectivity index (χ3n) is 7.29. The Bertz CT molecular complexity index is 1410. The molecule has 0 aromatic carbocycles. The number of hydrogen-bond donors (Lipinski definition) is 7. The van der Waals surface area contributed by atoms with Crippen LogP contribution in [0.2, 0.25) is 0 Å². The monoisotopic (exact) mass is 626 g/mol. The highest BCUT2D eigenvalue weighted by atomic mass is 16.7. The first kappa shape index (κ1) is 32.6. The number of carbonyl (C=O) groups excluding carboxylic acids is 4. The molecular weight excluding hydrogens is 592 g/mol. The summed E-state index contributed by atoms with van der Waals surface area (Å²) < 4.78 is 28.3. The van der Waals surface area contributed by atoms with Gasteiger partial charge in [0.25, 0.3) is 11.5 Å². The van der Waals surface area contributed by atoms with Gasteiger partial charge in [-0.3, -0.25) is 28.7 Å². The van der Waals surface area contributed by atoms with E-state index in [2.05, 4.69) is 10.6 Å². The molecule has 0 spiro atoms. The second-order valence-electron chi connectivity index (χ2n) is 10.4. The van der Waals surface area contributed by atoms with Crippen molar-refractivity contribution in [2.24, 2.45) is 11.5 Å². The lowest BCUT2D eigenvalue weighted by molar-refractivity contribution is -0.241. The van der Waals surface area contributed by atoms with Gasteiger partial charge in [0.15, 0.2) is 24.2 Å². The van der Waals surface area contributed by atoms with Gasteiger partial charge < -0.3 is 56.0 Å². The average Bonchev–Trinajstić information content (AvgIpc) is 3.20. The van der Waals surface area contributed by atoms with E-state index in [0.29, 0.717) is 19.3 Å². The number of aromatic amines is 1. The quantitative estimate of drug-likeness (QED) is 0.137. The van der Waals surface area contributed by atoms with Crippen molar-refractivity contribution in [1.29, 1.82) is 0 Å². The predicted molar refractivity (Wildman–Crippen MR) is 143 cm³/mol. The normalized spacial score (nSPS) is 32.8. The Morgan fingerprint density at radius 2 is 1.89 bits per heavy atom. The van der Waals surface area contributed by atoms with Crippen LogP contribution in [0.1, 0.15) is 32.4 Å². The Kier molecular flexibility index (Phi) is 10.0. The Morgan fingerprint density at radius 3 is 2.52 bits per heavy atom. The number of rotatable bonds is 9. The fourth-order valence-electron chi connectivity index (χ4n) is 5.17. The molecule has 242 valence electrons. The summed E-state index contributed by atoms with van der Waals surface area (Å²) in [5.41, 5.74) is 9.08. The largest absolute Gasteiger partial charge is 0.456 e. The summed E-state index contributed by atoms with van der Waals surface area (Å²) in [6, 6.07) is -0.00244. The first-order chi connectivity index (χ1) is 20.8. The molecule has 0 radical (unpaired) electrons. The Hall–Kier alpha value is -4.30. The molecule has 2 fully saturated rings. The second-order valence-corrected chi connectivity index (χ2v) is 10.4. The maximum atomic E-state index is 13.0. The zero-order valence-electron chi connectivity index (χ0n) is 23.6. The van der Waals surface area contributed by atoms with Gasteiger partial charge in [-0.2, -0.15) is 0 Å². The highest BCUT2D eigenvalue weighted by Crippen LogP contribution is 2.36. The summed E-state index contributed by atoms with van der Waals surface area (Å²) in [5, 5.41) is 26.3. The standard InChI is InChI=1S/C25H34N6O13/c1-9-4-3-5-10(20(36)28-9)29-21(37)12-8-11(32)14(34)23(41-12)43-17(19(26)35)16-15(40-2)18(44-24(27)38)22(42-16)31-7-6-13(33)30-25(31)39/h6-11,14-18,22-23,32,34H,3-5H2,1-2H3,(H2,26,35)(H2,27,38)(H,28,36)(H,29,37)(H,30,33,39)/t9-,10+,11-,14-,15+,16-,17+,18+,22+,23-/m0/s1. The molecule has 4 rings (SSSR count). The van der Waals surface area contributed by atoms with Crippen molar-refractivity contribution in [3.05, 3.63) is 44.9 Å². The van der Waals surface area contributed by atoms with Gasteiger partial charge in [0.1, 0.15) is 30.5 Å². The van der Waals surface area contributed by atoms with Gasteiger partial charge in [-0.25, -0.2) is 9.59 Å². The summed E-state index contributed by atoms with van der Waals surface area (Å²) >= 11 is 0. The van der Waals surface area contributed by atoms with E-state index in [1.54, 1.807) is 0 Å². The molecule has 44 heavy (non-hydrogen) atoms. The van der Waals surface area contributed by atoms with Crippen LogP contribution in [-0.4, -0.2) is 106 Å². The number of carbonyl (C=O) groups is 4. The summed E-state index contributed by atoms with van der Waals surface area (Å²) in [4.78, 5) is 75.9. The predicted octanol–water partition coefficient (Wildman–Crippen LogP) is -4.08. The number of primary amides is 2. The number of H-pyrrole nitrogens is 1. The Labute approximate surface area is 248 Å². The summed E-state index contributed by atoms with van der Waals surface area (Å²) in [7, 11) is 1.15. The van der Waals surface area contributed by atoms with Gasteiger partial charge in [0.2, 0.25) is 18.1 Å². The third kappa shape index (κ3) is 7.08. The van der Waals surface area contributed by atoms with E-state index in [-0.39, 0.29) is 6.04 Å². The molecule has 10 atom stereocenters. The second kappa shape index (κ2) is 13.6. The lowest BCUT2D eigenvalue weighted by atomic mass is 10.0. The van der Waals surface area contributed by atoms with Crippen molar-refractivity contribution in [3.63, 3.8) is 0 Å². The van der Waals surface area contributed by atoms with E-state index in [9.17, 15) is 39.0 Å². The van der Waals surface area contributed by atoms with Crippen LogP contribution in [0.4, 0.5) is 4.79 Å². The number of aliphatic hydroxyl groups excluding tert-OH is 2. The minimum Gasteiger partial charge on any atom is -0.456 e. The summed E-state index contributed by atoms with van der Waals surface area (Å²) in [5.74, 6) is -3.05. The molecule has 3 aliphatic heterocycles. The van der Waals surface area contributed by atoms with Gasteiger partial charge in [-0.15, -0.1) is 0 Å². The summed E-state index contributed by atoms with van der Waals surface area (Å²) in [6.07, 6.45) is -11.0. The van der Waals surface area contributed by atoms with Crippen molar-refractivity contribution >= 4 is 23.8 Å². The van der Waals surface area contributed by atoms with E-state index >= 15 is 0 Å². The number of aliphatic hydroxyl groups is 2. The molecule has 1 aromatic rings. The van der Waals surface area contributed by atoms with Crippen molar-refractivity contribution in [2.75, 3.05) is 7.11 Å². The van der Waals surface area contributed by atoms with Gasteiger partial charge in [-0.1, -0.05) is 0 Å². The first-order valence-corrected chi connectivity index (χ1v) is 13.6. The molecule has 0 saturated carbocycles. The fourth-order valence-corrected chi connectivity index (χ4v) is 5.17. The molecule has 1 aromatic heterocycles. The molecule has 2 saturated heterocycles. The van der Waals surface area contributed by atoms with Gasteiger partial charge in [-0.05, 0) is 32.3 Å². The smallest absolute Gasteiger partial charge is 0.405 e. The van der Waals surface area contributed by atoms with Crippen molar-refractivity contribution in [3.8, 4) is 0 Å². The molecule has 4 heterocycles. The van der Waals surface area contributed by atoms with E-state index in [1.165, 1.54) is 0 Å². The average molecular weight is 627 g/mol. The van der Waals surface area contributed by atoms with Crippen LogP contribution in [0.15, 0.2) is 33.7 Å².